The van der Waals surface area contributed by atoms with Crippen molar-refractivity contribution in [1.82, 2.24) is 10.2 Å². The van der Waals surface area contributed by atoms with Gasteiger partial charge in [-0.1, -0.05) is 0 Å². The topological polar surface area (TPSA) is 52.6 Å². The van der Waals surface area contributed by atoms with E-state index in [0.717, 1.165) is 24.0 Å². The lowest BCUT2D eigenvalue weighted by Crippen LogP contribution is -2.38. The molecule has 1 aliphatic rings. The maximum Gasteiger partial charge on any atom is 0.308 e. The van der Waals surface area contributed by atoms with Crippen molar-refractivity contribution < 1.29 is 9.90 Å². The molecule has 1 aromatic rings. The van der Waals surface area contributed by atoms with Crippen LogP contribution in [0.2, 0.25) is 0 Å². The van der Waals surface area contributed by atoms with Gasteiger partial charge in [-0.2, -0.15) is 0 Å². The van der Waals surface area contributed by atoms with Crippen LogP contribution in [0.5, 0.6) is 0 Å². The van der Waals surface area contributed by atoms with Crippen LogP contribution in [0.4, 0.5) is 0 Å². The first-order valence-electron chi connectivity index (χ1n) is 6.78. The molecule has 2 N–H and O–H groups in total. The van der Waals surface area contributed by atoms with E-state index >= 15 is 0 Å². The van der Waals surface area contributed by atoms with Crippen molar-refractivity contribution in [3.8, 4) is 0 Å². The SMILES string of the molecule is CC(CNCc1ccc(CC(=O)O)s1)N(C)C1CC1. The predicted octanol–water partition coefficient (Wildman–Crippen LogP) is 1.95. The van der Waals surface area contributed by atoms with Gasteiger partial charge in [-0.3, -0.25) is 9.69 Å². The van der Waals surface area contributed by atoms with Gasteiger partial charge in [-0.05, 0) is 38.9 Å². The van der Waals surface area contributed by atoms with Crippen LogP contribution in [0.15, 0.2) is 12.1 Å². The molecule has 0 bridgehead atoms. The summed E-state index contributed by atoms with van der Waals surface area (Å²) in [5.74, 6) is -0.763. The molecule has 106 valence electrons. The lowest BCUT2D eigenvalue weighted by atomic mass is 10.3. The number of nitrogens with one attached hydrogen (secondary N) is 1. The summed E-state index contributed by atoms with van der Waals surface area (Å²) in [6.07, 6.45) is 2.81. The number of carbonyl (C=O) groups is 1. The summed E-state index contributed by atoms with van der Waals surface area (Å²) in [5.41, 5.74) is 0. The summed E-state index contributed by atoms with van der Waals surface area (Å²) in [6, 6.07) is 5.27. The Labute approximate surface area is 118 Å². The first-order valence-corrected chi connectivity index (χ1v) is 7.60. The molecule has 1 heterocycles. The molecule has 1 aromatic heterocycles. The number of likely N-dealkylation sites (N-methyl/N-ethyl adjacent to an activating group) is 1. The second kappa shape index (κ2) is 6.50. The van der Waals surface area contributed by atoms with Crippen molar-refractivity contribution in [3.05, 3.63) is 21.9 Å². The van der Waals surface area contributed by atoms with Gasteiger partial charge in [0.15, 0.2) is 0 Å². The van der Waals surface area contributed by atoms with Crippen LogP contribution in [0.3, 0.4) is 0 Å². The van der Waals surface area contributed by atoms with Crippen molar-refractivity contribution >= 4 is 17.3 Å². The molecule has 2 rings (SSSR count). The zero-order valence-electron chi connectivity index (χ0n) is 11.6. The highest BCUT2D eigenvalue weighted by Gasteiger charge is 2.28. The minimum Gasteiger partial charge on any atom is -0.481 e. The molecular weight excluding hydrogens is 260 g/mol. The minimum atomic E-state index is -0.763. The molecule has 4 nitrogen and oxygen atoms in total. The maximum absolute atomic E-state index is 10.6. The summed E-state index contributed by atoms with van der Waals surface area (Å²) in [6.45, 7) is 4.04. The molecule has 0 saturated heterocycles. The van der Waals surface area contributed by atoms with E-state index in [1.165, 1.54) is 17.7 Å². The van der Waals surface area contributed by atoms with E-state index < -0.39 is 5.97 Å². The molecule has 5 heteroatoms. The first-order chi connectivity index (χ1) is 9.06. The molecule has 1 atom stereocenters. The van der Waals surface area contributed by atoms with Gasteiger partial charge in [0.1, 0.15) is 0 Å². The minimum absolute atomic E-state index is 0.130. The molecule has 19 heavy (non-hydrogen) atoms. The quantitative estimate of drug-likeness (QED) is 0.765. The van der Waals surface area contributed by atoms with Gasteiger partial charge in [-0.15, -0.1) is 11.3 Å². The van der Waals surface area contributed by atoms with E-state index in [1.54, 1.807) is 11.3 Å². The average Bonchev–Trinajstić information content (AvgIpc) is 3.11. The highest BCUT2D eigenvalue weighted by molar-refractivity contribution is 7.12. The van der Waals surface area contributed by atoms with Crippen molar-refractivity contribution in [3.63, 3.8) is 0 Å². The fraction of sp³-hybridized carbons (Fsp3) is 0.643. The Morgan fingerprint density at radius 1 is 1.53 bits per heavy atom. The van der Waals surface area contributed by atoms with Crippen LogP contribution >= 0.6 is 11.3 Å². The second-order valence-corrected chi connectivity index (χ2v) is 6.57. The van der Waals surface area contributed by atoms with Crippen LogP contribution in [0.1, 0.15) is 29.5 Å². The zero-order valence-corrected chi connectivity index (χ0v) is 12.4. The smallest absolute Gasteiger partial charge is 0.308 e. The predicted molar refractivity (Wildman–Crippen MR) is 77.6 cm³/mol. The van der Waals surface area contributed by atoms with Crippen LogP contribution < -0.4 is 5.32 Å². The summed E-state index contributed by atoms with van der Waals surface area (Å²) >= 11 is 1.58. The average molecular weight is 282 g/mol. The van der Waals surface area contributed by atoms with Crippen molar-refractivity contribution in [2.45, 2.75) is 44.8 Å². The third-order valence-electron chi connectivity index (χ3n) is 3.60. The largest absolute Gasteiger partial charge is 0.481 e. The molecule has 0 aromatic carbocycles. The number of thiophene rings is 1. The van der Waals surface area contributed by atoms with Gasteiger partial charge in [-0.25, -0.2) is 0 Å². The summed E-state index contributed by atoms with van der Waals surface area (Å²) in [7, 11) is 2.19. The van der Waals surface area contributed by atoms with Gasteiger partial charge >= 0.3 is 5.97 Å². The Bertz CT molecular complexity index is 429. The van der Waals surface area contributed by atoms with E-state index in [9.17, 15) is 4.79 Å². The number of aliphatic carboxylic acids is 1. The van der Waals surface area contributed by atoms with Gasteiger partial charge in [0, 0.05) is 34.9 Å². The van der Waals surface area contributed by atoms with Gasteiger partial charge in [0.2, 0.25) is 0 Å². The number of rotatable bonds is 8. The van der Waals surface area contributed by atoms with Crippen LogP contribution in [0, 0.1) is 0 Å². The van der Waals surface area contributed by atoms with Gasteiger partial charge in [0.05, 0.1) is 6.42 Å². The van der Waals surface area contributed by atoms with Crippen LogP contribution in [0.25, 0.3) is 0 Å². The van der Waals surface area contributed by atoms with E-state index in [4.69, 9.17) is 5.11 Å². The molecular formula is C14H22N2O2S. The molecule has 0 radical (unpaired) electrons. The molecule has 1 fully saturated rings. The van der Waals surface area contributed by atoms with Crippen LogP contribution in [-0.2, 0) is 17.8 Å². The highest BCUT2D eigenvalue weighted by Crippen LogP contribution is 2.26. The fourth-order valence-corrected chi connectivity index (χ4v) is 3.13. The summed E-state index contributed by atoms with van der Waals surface area (Å²) < 4.78 is 0. The van der Waals surface area contributed by atoms with Gasteiger partial charge in [0.25, 0.3) is 0 Å². The molecule has 1 unspecified atom stereocenters. The Morgan fingerprint density at radius 2 is 2.21 bits per heavy atom. The normalized spacial score (nSPS) is 16.8. The monoisotopic (exact) mass is 282 g/mol. The Balaban J connectivity index is 1.69. The molecule has 0 aliphatic heterocycles. The highest BCUT2D eigenvalue weighted by atomic mass is 32.1. The fourth-order valence-electron chi connectivity index (χ4n) is 2.15. The molecule has 0 amide bonds. The number of carboxylic acids is 1. The van der Waals surface area contributed by atoms with Crippen molar-refractivity contribution in [1.29, 1.82) is 0 Å². The van der Waals surface area contributed by atoms with E-state index in [0.29, 0.717) is 6.04 Å². The van der Waals surface area contributed by atoms with Crippen molar-refractivity contribution in [2.24, 2.45) is 0 Å². The number of hydrogen-bond donors (Lipinski definition) is 2. The molecule has 1 aliphatic carbocycles. The lowest BCUT2D eigenvalue weighted by Gasteiger charge is -2.24. The van der Waals surface area contributed by atoms with Crippen molar-refractivity contribution in [2.75, 3.05) is 13.6 Å². The summed E-state index contributed by atoms with van der Waals surface area (Å²) in [4.78, 5) is 15.2. The zero-order chi connectivity index (χ0) is 13.8. The number of carboxylic acid groups (broad SMARTS) is 1. The second-order valence-electron chi connectivity index (χ2n) is 5.32. The van der Waals surface area contributed by atoms with E-state index in [1.807, 2.05) is 12.1 Å². The standard InChI is InChI=1S/C14H22N2O2S/c1-10(16(2)11-3-4-11)8-15-9-13-6-5-12(19-13)7-14(17)18/h5-6,10-11,15H,3-4,7-9H2,1-2H3,(H,17,18). The van der Waals surface area contributed by atoms with Gasteiger partial charge < -0.3 is 10.4 Å². The van der Waals surface area contributed by atoms with E-state index in [2.05, 4.69) is 24.2 Å². The summed E-state index contributed by atoms with van der Waals surface area (Å²) in [5, 5.41) is 12.2. The Morgan fingerprint density at radius 3 is 2.84 bits per heavy atom. The maximum atomic E-state index is 10.6. The Kier molecular flexibility index (Phi) is 4.96. The lowest BCUT2D eigenvalue weighted by molar-refractivity contribution is -0.136. The molecule has 0 spiro atoms. The third-order valence-corrected chi connectivity index (χ3v) is 4.69. The third kappa shape index (κ3) is 4.60. The molecule has 1 saturated carbocycles. The number of nitrogens with zero attached hydrogens (tertiary/aromatic N) is 1. The van der Waals surface area contributed by atoms with E-state index in [-0.39, 0.29) is 6.42 Å². The number of hydrogen-bond acceptors (Lipinski definition) is 4. The van der Waals surface area contributed by atoms with Crippen LogP contribution in [-0.4, -0.2) is 41.7 Å². The Hall–Kier alpha value is -0.910. The first kappa shape index (κ1) is 14.5.